The average molecular weight is 450 g/mol. The molecule has 1 aliphatic heterocycles. The average Bonchev–Trinajstić information content (AvgIpc) is 2.68. The number of aryl methyl sites for hydroxylation is 1. The lowest BCUT2D eigenvalue weighted by Gasteiger charge is -2.46. The van der Waals surface area contributed by atoms with Gasteiger partial charge in [-0.3, -0.25) is 14.5 Å². The molecule has 1 heterocycles. The zero-order valence-corrected chi connectivity index (χ0v) is 18.6. The molecule has 7 nitrogen and oxygen atoms in total. The number of benzene rings is 2. The summed E-state index contributed by atoms with van der Waals surface area (Å²) in [5.41, 5.74) is 0.715. The molecular formula is C21H24ClN3O4S. The molecule has 0 spiro atoms. The third-order valence-corrected chi connectivity index (χ3v) is 6.81. The number of amides is 2. The van der Waals surface area contributed by atoms with E-state index < -0.39 is 27.4 Å². The highest BCUT2D eigenvalue weighted by Gasteiger charge is 2.50. The second-order valence-electron chi connectivity index (χ2n) is 7.64. The summed E-state index contributed by atoms with van der Waals surface area (Å²) in [6.45, 7) is 3.15. The van der Waals surface area contributed by atoms with Crippen molar-refractivity contribution in [1.29, 1.82) is 0 Å². The van der Waals surface area contributed by atoms with Crippen molar-refractivity contribution in [2.45, 2.75) is 25.9 Å². The van der Waals surface area contributed by atoms with Gasteiger partial charge >= 0.3 is 0 Å². The van der Waals surface area contributed by atoms with Crippen LogP contribution < -0.4 is 10.2 Å². The van der Waals surface area contributed by atoms with Gasteiger partial charge in [-0.05, 0) is 37.1 Å². The summed E-state index contributed by atoms with van der Waals surface area (Å²) in [5, 5.41) is 3.30. The lowest BCUT2D eigenvalue weighted by Crippen LogP contribution is -2.70. The van der Waals surface area contributed by atoms with Crippen LogP contribution in [-0.4, -0.2) is 49.4 Å². The third kappa shape index (κ3) is 4.50. The van der Waals surface area contributed by atoms with Crippen molar-refractivity contribution < 1.29 is 18.0 Å². The molecule has 0 bridgehead atoms. The number of rotatable bonds is 5. The van der Waals surface area contributed by atoms with Crippen LogP contribution in [0.2, 0.25) is 5.02 Å². The highest BCUT2D eigenvalue weighted by Crippen LogP contribution is 2.33. The van der Waals surface area contributed by atoms with Crippen LogP contribution in [0.1, 0.15) is 18.1 Å². The molecule has 1 N–H and O–H groups in total. The number of nitrogens with zero attached hydrogens (tertiary/aromatic N) is 2. The van der Waals surface area contributed by atoms with E-state index in [-0.39, 0.29) is 19.6 Å². The molecule has 0 aromatic heterocycles. The summed E-state index contributed by atoms with van der Waals surface area (Å²) in [7, 11) is -3.67. The van der Waals surface area contributed by atoms with Crippen molar-refractivity contribution in [2.75, 3.05) is 24.2 Å². The fourth-order valence-corrected chi connectivity index (χ4v) is 4.50. The monoisotopic (exact) mass is 449 g/mol. The first-order valence-electron chi connectivity index (χ1n) is 9.39. The van der Waals surface area contributed by atoms with E-state index in [0.717, 1.165) is 21.7 Å². The van der Waals surface area contributed by atoms with Crippen LogP contribution in [-0.2, 0) is 26.2 Å². The van der Waals surface area contributed by atoms with Gasteiger partial charge in [-0.25, -0.2) is 8.42 Å². The van der Waals surface area contributed by atoms with E-state index in [4.69, 9.17) is 11.6 Å². The molecule has 1 fully saturated rings. The van der Waals surface area contributed by atoms with Gasteiger partial charge in [0.25, 0.3) is 0 Å². The van der Waals surface area contributed by atoms with E-state index in [0.29, 0.717) is 10.7 Å². The molecule has 2 aromatic rings. The molecule has 160 valence electrons. The number of piperazine rings is 1. The van der Waals surface area contributed by atoms with Crippen LogP contribution in [0.3, 0.4) is 0 Å². The zero-order valence-electron chi connectivity index (χ0n) is 17.1. The summed E-state index contributed by atoms with van der Waals surface area (Å²) < 4.78 is 25.4. The molecule has 0 saturated carbocycles. The molecule has 0 unspecified atom stereocenters. The normalized spacial score (nSPS) is 20.3. The number of carbonyl (C=O) groups excluding carboxylic acids is 2. The van der Waals surface area contributed by atoms with Crippen molar-refractivity contribution in [3.63, 3.8) is 0 Å². The molecule has 30 heavy (non-hydrogen) atoms. The minimum atomic E-state index is -3.67. The predicted octanol–water partition coefficient (Wildman–Crippen LogP) is 2.33. The van der Waals surface area contributed by atoms with Crippen molar-refractivity contribution >= 4 is 39.1 Å². The van der Waals surface area contributed by atoms with Gasteiger partial charge in [0.15, 0.2) is 0 Å². The molecule has 1 aliphatic rings. The van der Waals surface area contributed by atoms with E-state index in [1.807, 2.05) is 37.3 Å². The van der Waals surface area contributed by atoms with Crippen LogP contribution >= 0.6 is 11.6 Å². The van der Waals surface area contributed by atoms with E-state index in [2.05, 4.69) is 5.32 Å². The van der Waals surface area contributed by atoms with E-state index in [1.54, 1.807) is 25.1 Å². The maximum atomic E-state index is 13.3. The highest BCUT2D eigenvalue weighted by molar-refractivity contribution is 7.88. The van der Waals surface area contributed by atoms with E-state index in [1.165, 1.54) is 4.90 Å². The van der Waals surface area contributed by atoms with Gasteiger partial charge in [0.05, 0.1) is 12.8 Å². The Morgan fingerprint density at radius 2 is 1.87 bits per heavy atom. The molecule has 1 saturated heterocycles. The maximum absolute atomic E-state index is 13.3. The minimum Gasteiger partial charge on any atom is -0.350 e. The molecular weight excluding hydrogens is 426 g/mol. The van der Waals surface area contributed by atoms with Crippen molar-refractivity contribution in [3.8, 4) is 0 Å². The van der Waals surface area contributed by atoms with Crippen LogP contribution in [0.5, 0.6) is 0 Å². The quantitative estimate of drug-likeness (QED) is 0.759. The Kier molecular flexibility index (Phi) is 6.21. The van der Waals surface area contributed by atoms with Crippen molar-refractivity contribution in [3.05, 3.63) is 64.7 Å². The number of hydrogen-bond donors (Lipinski definition) is 1. The molecule has 0 radical (unpaired) electrons. The molecule has 2 aromatic carbocycles. The van der Waals surface area contributed by atoms with Crippen LogP contribution in [0, 0.1) is 6.92 Å². The van der Waals surface area contributed by atoms with Gasteiger partial charge in [-0.15, -0.1) is 0 Å². The van der Waals surface area contributed by atoms with Crippen molar-refractivity contribution in [1.82, 2.24) is 9.62 Å². The fourth-order valence-electron chi connectivity index (χ4n) is 3.49. The molecule has 2 amide bonds. The van der Waals surface area contributed by atoms with Gasteiger partial charge in [-0.1, -0.05) is 48.0 Å². The van der Waals surface area contributed by atoms with Crippen molar-refractivity contribution in [2.24, 2.45) is 0 Å². The van der Waals surface area contributed by atoms with Gasteiger partial charge in [-0.2, -0.15) is 4.31 Å². The second-order valence-corrected chi connectivity index (χ2v) is 10.0. The topological polar surface area (TPSA) is 86.8 Å². The number of halogens is 1. The number of sulfonamides is 1. The lowest BCUT2D eigenvalue weighted by molar-refractivity contribution is -0.133. The summed E-state index contributed by atoms with van der Waals surface area (Å²) in [6.07, 6.45) is 1.03. The third-order valence-electron chi connectivity index (χ3n) is 5.21. The second kappa shape index (κ2) is 8.37. The highest BCUT2D eigenvalue weighted by atomic mass is 35.5. The van der Waals surface area contributed by atoms with Crippen LogP contribution in [0.25, 0.3) is 0 Å². The minimum absolute atomic E-state index is 0.163. The fraction of sp³-hybridized carbons (Fsp3) is 0.333. The summed E-state index contributed by atoms with van der Waals surface area (Å²) in [6, 6.07) is 14.4. The number of anilines is 1. The predicted molar refractivity (Wildman–Crippen MR) is 117 cm³/mol. The largest absolute Gasteiger partial charge is 0.350 e. The SMILES string of the molecule is Cc1ccc(N2C(=O)CN(S(C)(=O)=O)C[C@]2(C)C(=O)NCc2ccccc2)cc1Cl. The Hall–Kier alpha value is -2.42. The number of nitrogens with one attached hydrogen (secondary N) is 1. The molecule has 9 heteroatoms. The molecule has 3 rings (SSSR count). The van der Waals surface area contributed by atoms with Gasteiger partial charge in [0, 0.05) is 23.8 Å². The first-order valence-corrected chi connectivity index (χ1v) is 11.6. The van der Waals surface area contributed by atoms with E-state index >= 15 is 0 Å². The summed E-state index contributed by atoms with van der Waals surface area (Å²) in [5.74, 6) is -0.950. The molecule has 1 atom stereocenters. The summed E-state index contributed by atoms with van der Waals surface area (Å²) >= 11 is 6.25. The van der Waals surface area contributed by atoms with Gasteiger partial charge < -0.3 is 5.32 Å². The zero-order chi connectivity index (χ0) is 22.1. The number of hydrogen-bond acceptors (Lipinski definition) is 4. The molecule has 0 aliphatic carbocycles. The summed E-state index contributed by atoms with van der Waals surface area (Å²) in [4.78, 5) is 27.7. The Morgan fingerprint density at radius 3 is 2.47 bits per heavy atom. The van der Waals surface area contributed by atoms with Gasteiger partial charge in [0.1, 0.15) is 5.54 Å². The maximum Gasteiger partial charge on any atom is 0.247 e. The van der Waals surface area contributed by atoms with Gasteiger partial charge in [0.2, 0.25) is 21.8 Å². The standard InChI is InChI=1S/C21H24ClN3O4S/c1-15-9-10-17(11-18(15)22)25-19(26)13-24(30(3,28)29)14-21(25,2)20(27)23-12-16-7-5-4-6-8-16/h4-11H,12-14H2,1-3H3,(H,23,27)/t21-/m1/s1. The Bertz CT molecular complexity index is 1070. The first kappa shape index (κ1) is 22.3. The smallest absolute Gasteiger partial charge is 0.247 e. The first-order chi connectivity index (χ1) is 14.0. The Labute approximate surface area is 181 Å². The number of carbonyl (C=O) groups is 2. The Balaban J connectivity index is 1.98. The Morgan fingerprint density at radius 1 is 1.20 bits per heavy atom. The van der Waals surface area contributed by atoms with Crippen LogP contribution in [0.15, 0.2) is 48.5 Å². The van der Waals surface area contributed by atoms with E-state index in [9.17, 15) is 18.0 Å². The van der Waals surface area contributed by atoms with Crippen LogP contribution in [0.4, 0.5) is 5.69 Å². The lowest BCUT2D eigenvalue weighted by atomic mass is 9.94.